The van der Waals surface area contributed by atoms with Gasteiger partial charge >= 0.3 is 0 Å². The molecule has 0 fully saturated rings. The molecular weight excluding hydrogens is 741 g/mol. The van der Waals surface area contributed by atoms with Crippen molar-refractivity contribution in [1.29, 1.82) is 0 Å². The number of para-hydroxylation sites is 1. The number of hydrogen-bond acceptors (Lipinski definition) is 3. The Morgan fingerprint density at radius 3 is 1.18 bits per heavy atom. The van der Waals surface area contributed by atoms with Crippen LogP contribution in [0.3, 0.4) is 0 Å². The first-order valence-corrected chi connectivity index (χ1v) is 20.6. The summed E-state index contributed by atoms with van der Waals surface area (Å²) in [6, 6.07) is 81.2. The molecule has 4 nitrogen and oxygen atoms in total. The number of hydrogen-bond donors (Lipinski definition) is 0. The summed E-state index contributed by atoms with van der Waals surface area (Å²) in [4.78, 5) is 15.7. The van der Waals surface area contributed by atoms with E-state index in [0.717, 1.165) is 66.8 Å². The predicted octanol–water partition coefficient (Wildman–Crippen LogP) is 14.6. The van der Waals surface area contributed by atoms with Crippen LogP contribution < -0.4 is 0 Å². The highest BCUT2D eigenvalue weighted by Crippen LogP contribution is 2.40. The van der Waals surface area contributed by atoms with Crippen molar-refractivity contribution in [2.24, 2.45) is 0 Å². The van der Waals surface area contributed by atoms with E-state index in [9.17, 15) is 0 Å². The Bertz CT molecular complexity index is 3240. The quantitative estimate of drug-likeness (QED) is 0.154. The first kappa shape index (κ1) is 35.9. The van der Waals surface area contributed by atoms with Crippen LogP contribution in [0.4, 0.5) is 0 Å². The molecule has 11 rings (SSSR count). The maximum absolute atomic E-state index is 5.26. The molecule has 2 heterocycles. The van der Waals surface area contributed by atoms with Crippen LogP contribution in [0.5, 0.6) is 0 Å². The van der Waals surface area contributed by atoms with E-state index in [2.05, 4.69) is 223 Å². The molecule has 4 heteroatoms. The zero-order chi connectivity index (χ0) is 40.5. The molecule has 61 heavy (non-hydrogen) atoms. The van der Waals surface area contributed by atoms with Gasteiger partial charge in [-0.1, -0.05) is 188 Å². The summed E-state index contributed by atoms with van der Waals surface area (Å²) in [7, 11) is 0. The summed E-state index contributed by atoms with van der Waals surface area (Å²) in [6.45, 7) is 0. The van der Waals surface area contributed by atoms with E-state index in [-0.39, 0.29) is 0 Å². The standard InChI is InChI=1S/C57H38N4/c1-5-17-39(18-6-1)43-25-15-27-46(35-43)55-58-56(47-28-16-26-44(36-47)40-19-7-2-8-20-40)60-57(59-55)48-32-34-53(51(37-48)42-23-11-4-12-24-42)61-52-30-14-13-29-49(52)50-33-31-45(38-54(50)61)41-21-9-3-10-22-41/h1-38H. The molecule has 11 aromatic rings. The molecule has 0 spiro atoms. The molecule has 0 atom stereocenters. The minimum Gasteiger partial charge on any atom is -0.309 e. The highest BCUT2D eigenvalue weighted by molar-refractivity contribution is 6.10. The molecule has 0 aliphatic heterocycles. The second kappa shape index (κ2) is 15.5. The lowest BCUT2D eigenvalue weighted by molar-refractivity contribution is 1.07. The number of benzene rings is 9. The summed E-state index contributed by atoms with van der Waals surface area (Å²) in [5.74, 6) is 1.83. The van der Waals surface area contributed by atoms with Crippen molar-refractivity contribution in [2.75, 3.05) is 0 Å². The fourth-order valence-electron chi connectivity index (χ4n) is 8.46. The third kappa shape index (κ3) is 6.86. The van der Waals surface area contributed by atoms with Gasteiger partial charge in [0.05, 0.1) is 16.7 Å². The zero-order valence-corrected chi connectivity index (χ0v) is 33.2. The highest BCUT2D eigenvalue weighted by Gasteiger charge is 2.20. The van der Waals surface area contributed by atoms with E-state index in [1.54, 1.807) is 0 Å². The molecule has 0 amide bonds. The average molecular weight is 779 g/mol. The minimum atomic E-state index is 0.604. The average Bonchev–Trinajstić information content (AvgIpc) is 3.68. The first-order chi connectivity index (χ1) is 30.2. The second-order valence-corrected chi connectivity index (χ2v) is 15.2. The van der Waals surface area contributed by atoms with E-state index in [4.69, 9.17) is 15.0 Å². The lowest BCUT2D eigenvalue weighted by atomic mass is 9.99. The molecule has 0 unspecified atom stereocenters. The largest absolute Gasteiger partial charge is 0.309 e. The van der Waals surface area contributed by atoms with Gasteiger partial charge in [0.1, 0.15) is 0 Å². The van der Waals surface area contributed by atoms with E-state index in [0.29, 0.717) is 17.5 Å². The molecular formula is C57H38N4. The Labute approximate surface area is 354 Å². The van der Waals surface area contributed by atoms with Crippen molar-refractivity contribution in [3.8, 4) is 84.4 Å². The zero-order valence-electron chi connectivity index (χ0n) is 33.2. The van der Waals surface area contributed by atoms with Gasteiger partial charge in [-0.05, 0) is 81.4 Å². The Morgan fingerprint density at radius 1 is 0.246 bits per heavy atom. The molecule has 0 aliphatic carbocycles. The van der Waals surface area contributed by atoms with Gasteiger partial charge in [-0.15, -0.1) is 0 Å². The van der Waals surface area contributed by atoms with Crippen molar-refractivity contribution >= 4 is 21.8 Å². The highest BCUT2D eigenvalue weighted by atomic mass is 15.0. The van der Waals surface area contributed by atoms with Gasteiger partial charge in [0.15, 0.2) is 17.5 Å². The van der Waals surface area contributed by atoms with Crippen molar-refractivity contribution in [2.45, 2.75) is 0 Å². The van der Waals surface area contributed by atoms with Crippen LogP contribution in [0.1, 0.15) is 0 Å². The lowest BCUT2D eigenvalue weighted by Gasteiger charge is -2.16. The maximum Gasteiger partial charge on any atom is 0.164 e. The van der Waals surface area contributed by atoms with E-state index in [1.165, 1.54) is 21.9 Å². The Morgan fingerprint density at radius 2 is 0.639 bits per heavy atom. The molecule has 9 aromatic carbocycles. The molecule has 0 bridgehead atoms. The number of nitrogens with zero attached hydrogens (tertiary/aromatic N) is 4. The summed E-state index contributed by atoms with van der Waals surface area (Å²) in [5.41, 5.74) is 15.1. The van der Waals surface area contributed by atoms with Crippen molar-refractivity contribution in [3.63, 3.8) is 0 Å². The van der Waals surface area contributed by atoms with Gasteiger partial charge in [-0.25, -0.2) is 15.0 Å². The summed E-state index contributed by atoms with van der Waals surface area (Å²) < 4.78 is 2.41. The van der Waals surface area contributed by atoms with E-state index >= 15 is 0 Å². The normalized spacial score (nSPS) is 11.3. The van der Waals surface area contributed by atoms with Crippen LogP contribution in [0.2, 0.25) is 0 Å². The topological polar surface area (TPSA) is 43.6 Å². The predicted molar refractivity (Wildman–Crippen MR) is 252 cm³/mol. The smallest absolute Gasteiger partial charge is 0.164 e. The lowest BCUT2D eigenvalue weighted by Crippen LogP contribution is -2.02. The third-order valence-electron chi connectivity index (χ3n) is 11.5. The Hall–Kier alpha value is -8.21. The second-order valence-electron chi connectivity index (χ2n) is 15.2. The van der Waals surface area contributed by atoms with Crippen LogP contribution >= 0.6 is 0 Å². The van der Waals surface area contributed by atoms with E-state index in [1.807, 2.05) is 12.1 Å². The summed E-state index contributed by atoms with van der Waals surface area (Å²) in [6.07, 6.45) is 0. The maximum atomic E-state index is 5.26. The van der Waals surface area contributed by atoms with Crippen molar-refractivity contribution in [1.82, 2.24) is 19.5 Å². The molecule has 0 aliphatic rings. The fraction of sp³-hybridized carbons (Fsp3) is 0. The molecule has 0 saturated heterocycles. The van der Waals surface area contributed by atoms with Crippen molar-refractivity contribution in [3.05, 3.63) is 231 Å². The van der Waals surface area contributed by atoms with Crippen molar-refractivity contribution < 1.29 is 0 Å². The molecule has 0 radical (unpaired) electrons. The van der Waals surface area contributed by atoms with E-state index < -0.39 is 0 Å². The number of fused-ring (bicyclic) bond motifs is 3. The SMILES string of the molecule is c1ccc(-c2cccc(-c3nc(-c4cccc(-c5ccccc5)c4)nc(-c4ccc(-n5c6ccccc6c6ccc(-c7ccccc7)cc65)c(-c5ccccc5)c4)n3)c2)cc1. The van der Waals surface area contributed by atoms with Gasteiger partial charge in [0.2, 0.25) is 0 Å². The van der Waals surface area contributed by atoms with Gasteiger partial charge in [0.25, 0.3) is 0 Å². The summed E-state index contributed by atoms with van der Waals surface area (Å²) in [5, 5.41) is 2.42. The number of rotatable bonds is 8. The van der Waals surface area contributed by atoms with Gasteiger partial charge < -0.3 is 4.57 Å². The van der Waals surface area contributed by atoms with Gasteiger partial charge in [-0.2, -0.15) is 0 Å². The van der Waals surface area contributed by atoms with Gasteiger partial charge in [-0.3, -0.25) is 0 Å². The molecule has 286 valence electrons. The number of aromatic nitrogens is 4. The van der Waals surface area contributed by atoms with Crippen LogP contribution in [0.15, 0.2) is 231 Å². The van der Waals surface area contributed by atoms with Crippen LogP contribution in [-0.2, 0) is 0 Å². The Balaban J connectivity index is 1.12. The summed E-state index contributed by atoms with van der Waals surface area (Å²) >= 11 is 0. The minimum absolute atomic E-state index is 0.604. The third-order valence-corrected chi connectivity index (χ3v) is 11.5. The van der Waals surface area contributed by atoms with Gasteiger partial charge in [0, 0.05) is 33.0 Å². The molecule has 0 saturated carbocycles. The first-order valence-electron chi connectivity index (χ1n) is 20.6. The molecule has 0 N–H and O–H groups in total. The van der Waals surface area contributed by atoms with Crippen LogP contribution in [0.25, 0.3) is 106 Å². The monoisotopic (exact) mass is 778 g/mol. The van der Waals surface area contributed by atoms with Crippen LogP contribution in [-0.4, -0.2) is 19.5 Å². The molecule has 2 aromatic heterocycles. The fourth-order valence-corrected chi connectivity index (χ4v) is 8.46. The van der Waals surface area contributed by atoms with Crippen LogP contribution in [0, 0.1) is 0 Å². The Kier molecular flexibility index (Phi) is 9.14.